The first-order chi connectivity index (χ1) is 12.0. The number of rotatable bonds is 4. The molecular formula is C18H17N3O3S. The van der Waals surface area contributed by atoms with Gasteiger partial charge in [0.25, 0.3) is 11.5 Å². The Morgan fingerprint density at radius 2 is 2.20 bits per heavy atom. The van der Waals surface area contributed by atoms with E-state index >= 15 is 0 Å². The van der Waals surface area contributed by atoms with Crippen molar-refractivity contribution in [3.8, 4) is 11.8 Å². The average Bonchev–Trinajstić information content (AvgIpc) is 2.89. The summed E-state index contributed by atoms with van der Waals surface area (Å²) in [6.07, 6.45) is 1.58. The van der Waals surface area contributed by atoms with Crippen LogP contribution >= 0.6 is 11.3 Å². The fourth-order valence-electron chi connectivity index (χ4n) is 2.18. The molecule has 0 radical (unpaired) electrons. The number of thiazole rings is 1. The molecule has 1 amide bonds. The molecule has 0 unspecified atom stereocenters. The molecule has 1 aromatic heterocycles. The lowest BCUT2D eigenvalue weighted by molar-refractivity contribution is -0.115. The normalized spacial score (nSPS) is 11.2. The zero-order valence-corrected chi connectivity index (χ0v) is 14.7. The van der Waals surface area contributed by atoms with E-state index in [1.165, 1.54) is 4.57 Å². The van der Waals surface area contributed by atoms with Gasteiger partial charge in [-0.25, -0.2) is 0 Å². The Morgan fingerprint density at radius 3 is 2.80 bits per heavy atom. The molecule has 0 saturated carbocycles. The summed E-state index contributed by atoms with van der Waals surface area (Å²) in [5.74, 6) is -0.387. The maximum Gasteiger partial charge on any atom is 0.277 e. The van der Waals surface area contributed by atoms with Crippen LogP contribution in [-0.4, -0.2) is 22.1 Å². The van der Waals surface area contributed by atoms with E-state index in [2.05, 4.69) is 11.0 Å². The first-order valence-corrected chi connectivity index (χ1v) is 8.51. The van der Waals surface area contributed by atoms with Gasteiger partial charge in [-0.2, -0.15) is 5.26 Å². The topological polar surface area (TPSA) is 95.1 Å². The van der Waals surface area contributed by atoms with E-state index < -0.39 is 5.91 Å². The highest BCUT2D eigenvalue weighted by molar-refractivity contribution is 7.07. The Hall–Kier alpha value is -3.07. The minimum Gasteiger partial charge on any atom is -0.508 e. The lowest BCUT2D eigenvalue weighted by Gasteiger charge is -2.00. The van der Waals surface area contributed by atoms with E-state index in [0.29, 0.717) is 23.3 Å². The fourth-order valence-corrected chi connectivity index (χ4v) is 3.25. The van der Waals surface area contributed by atoms with Crippen LogP contribution in [0.5, 0.6) is 5.75 Å². The monoisotopic (exact) mass is 355 g/mol. The number of benzene rings is 1. The minimum absolute atomic E-state index is 0.0868. The highest BCUT2D eigenvalue weighted by Crippen LogP contribution is 2.11. The Kier molecular flexibility index (Phi) is 5.96. The zero-order chi connectivity index (χ0) is 18.4. The van der Waals surface area contributed by atoms with Crippen LogP contribution in [0.15, 0.2) is 29.1 Å². The molecule has 2 aromatic rings. The van der Waals surface area contributed by atoms with Crippen LogP contribution in [0.3, 0.4) is 0 Å². The summed E-state index contributed by atoms with van der Waals surface area (Å²) in [6, 6.07) is 8.42. The smallest absolute Gasteiger partial charge is 0.277 e. The second-order valence-electron chi connectivity index (χ2n) is 5.02. The van der Waals surface area contributed by atoms with Gasteiger partial charge in [0, 0.05) is 13.1 Å². The number of nitriles is 1. The molecule has 1 heterocycles. The highest BCUT2D eigenvalue weighted by atomic mass is 32.1. The van der Waals surface area contributed by atoms with Crippen LogP contribution < -0.4 is 20.1 Å². The molecule has 0 aliphatic carbocycles. The van der Waals surface area contributed by atoms with Crippen LogP contribution in [0.1, 0.15) is 19.4 Å². The van der Waals surface area contributed by atoms with Gasteiger partial charge in [0.05, 0.1) is 0 Å². The Morgan fingerprint density at radius 1 is 1.44 bits per heavy atom. The third kappa shape index (κ3) is 4.07. The van der Waals surface area contributed by atoms with Crippen molar-refractivity contribution in [2.75, 3.05) is 6.54 Å². The predicted octanol–water partition coefficient (Wildman–Crippen LogP) is 0.538. The molecule has 6 nitrogen and oxygen atoms in total. The van der Waals surface area contributed by atoms with Gasteiger partial charge in [-0.3, -0.25) is 14.2 Å². The summed E-state index contributed by atoms with van der Waals surface area (Å²) in [4.78, 5) is 24.5. The van der Waals surface area contributed by atoms with Gasteiger partial charge < -0.3 is 10.4 Å². The Bertz CT molecular complexity index is 1050. The second-order valence-corrected chi connectivity index (χ2v) is 6.01. The first-order valence-electron chi connectivity index (χ1n) is 7.69. The van der Waals surface area contributed by atoms with Gasteiger partial charge in [-0.1, -0.05) is 17.9 Å². The number of carbonyl (C=O) groups is 1. The van der Waals surface area contributed by atoms with E-state index in [0.717, 1.165) is 11.3 Å². The summed E-state index contributed by atoms with van der Waals surface area (Å²) in [7, 11) is 0. The minimum atomic E-state index is -0.503. The number of amides is 1. The lowest BCUT2D eigenvalue weighted by Crippen LogP contribution is -2.34. The number of nitrogens with one attached hydrogen (secondary N) is 1. The molecule has 0 saturated heterocycles. The van der Waals surface area contributed by atoms with Gasteiger partial charge in [0.1, 0.15) is 21.0 Å². The van der Waals surface area contributed by atoms with Crippen molar-refractivity contribution in [3.63, 3.8) is 0 Å². The molecule has 0 aliphatic heterocycles. The van der Waals surface area contributed by atoms with Gasteiger partial charge in [-0.05, 0) is 37.6 Å². The number of aromatic nitrogens is 1. The van der Waals surface area contributed by atoms with Crippen LogP contribution in [-0.2, 0) is 11.3 Å². The molecule has 7 heteroatoms. The molecule has 1 aromatic carbocycles. The van der Waals surface area contributed by atoms with Crippen molar-refractivity contribution in [1.29, 1.82) is 5.26 Å². The van der Waals surface area contributed by atoms with Gasteiger partial charge in [0.15, 0.2) is 5.57 Å². The van der Waals surface area contributed by atoms with E-state index in [1.807, 2.05) is 6.07 Å². The molecule has 0 bridgehead atoms. The second kappa shape index (κ2) is 8.15. The van der Waals surface area contributed by atoms with E-state index in [1.54, 1.807) is 44.2 Å². The molecule has 2 N–H and O–H groups in total. The SMILES string of the molecule is CCNC(=O)/C(C#N)=c1\sc(=C=Cc2cccc(O)c2)c(=O)n1CC. The first kappa shape index (κ1) is 18.3. The average molecular weight is 355 g/mol. The maximum absolute atomic E-state index is 12.5. The lowest BCUT2D eigenvalue weighted by atomic mass is 10.2. The third-order valence-corrected chi connectivity index (χ3v) is 4.44. The summed E-state index contributed by atoms with van der Waals surface area (Å²) >= 11 is 1.05. The van der Waals surface area contributed by atoms with Crippen LogP contribution in [0.2, 0.25) is 0 Å². The number of aromatic hydroxyl groups is 1. The molecule has 2 rings (SSSR count). The summed E-state index contributed by atoms with van der Waals surface area (Å²) in [5, 5.41) is 21.4. The van der Waals surface area contributed by atoms with E-state index in [9.17, 15) is 20.0 Å². The van der Waals surface area contributed by atoms with Crippen LogP contribution in [0.25, 0.3) is 17.4 Å². The van der Waals surface area contributed by atoms with Crippen molar-refractivity contribution in [3.05, 3.63) is 49.4 Å². The summed E-state index contributed by atoms with van der Waals surface area (Å²) < 4.78 is 1.99. The van der Waals surface area contributed by atoms with Crippen LogP contribution in [0.4, 0.5) is 0 Å². The number of phenols is 1. The standard InChI is InChI=1S/C18H17N3O3S/c1-3-20-16(23)14(11-19)18-21(4-2)17(24)15(25-18)9-8-12-6-5-7-13(22)10-12/h5-8,10,22H,3-4H2,1-2H3,(H,20,23)/b18-14-. The molecular weight excluding hydrogens is 338 g/mol. The zero-order valence-electron chi connectivity index (χ0n) is 13.9. The Balaban J connectivity index is 2.74. The van der Waals surface area contributed by atoms with Crippen LogP contribution in [0, 0.1) is 11.3 Å². The molecule has 0 aliphatic rings. The molecule has 25 heavy (non-hydrogen) atoms. The van der Waals surface area contributed by atoms with Gasteiger partial charge in [-0.15, -0.1) is 11.3 Å². The summed E-state index contributed by atoms with van der Waals surface area (Å²) in [6.45, 7) is 4.25. The number of nitrogens with zero attached hydrogens (tertiary/aromatic N) is 2. The fraction of sp³-hybridized carbons (Fsp3) is 0.222. The molecule has 0 atom stereocenters. The van der Waals surface area contributed by atoms with Crippen molar-refractivity contribution in [1.82, 2.24) is 9.88 Å². The highest BCUT2D eigenvalue weighted by Gasteiger charge is 2.14. The number of phenolic OH excluding ortho intramolecular Hbond substituents is 1. The Labute approximate surface area is 148 Å². The molecule has 128 valence electrons. The summed E-state index contributed by atoms with van der Waals surface area (Å²) in [5.41, 5.74) is 3.19. The number of hydrogen-bond donors (Lipinski definition) is 2. The number of hydrogen-bond acceptors (Lipinski definition) is 5. The van der Waals surface area contributed by atoms with E-state index in [4.69, 9.17) is 0 Å². The van der Waals surface area contributed by atoms with Gasteiger partial charge in [0.2, 0.25) is 0 Å². The van der Waals surface area contributed by atoms with Gasteiger partial charge >= 0.3 is 0 Å². The number of carbonyl (C=O) groups excluding carboxylic acids is 1. The van der Waals surface area contributed by atoms with E-state index in [-0.39, 0.29) is 21.4 Å². The molecule has 0 fully saturated rings. The van der Waals surface area contributed by atoms with Crippen molar-refractivity contribution < 1.29 is 9.90 Å². The van der Waals surface area contributed by atoms with Crippen molar-refractivity contribution in [2.45, 2.75) is 20.4 Å². The van der Waals surface area contributed by atoms with Crippen molar-refractivity contribution >= 4 is 34.6 Å². The maximum atomic E-state index is 12.5. The van der Waals surface area contributed by atoms with Crippen molar-refractivity contribution in [2.24, 2.45) is 0 Å². The predicted molar refractivity (Wildman–Crippen MR) is 97.2 cm³/mol. The third-order valence-electron chi connectivity index (χ3n) is 3.33. The quantitative estimate of drug-likeness (QED) is 0.837. The largest absolute Gasteiger partial charge is 0.508 e. The molecule has 0 spiro atoms.